The topological polar surface area (TPSA) is 9.23 Å². The van der Waals surface area contributed by atoms with Gasteiger partial charge in [-0.1, -0.05) is 20.8 Å². The second kappa shape index (κ2) is 6.51. The maximum absolute atomic E-state index is 13.0. The Kier molecular flexibility index (Phi) is 5.30. The molecule has 0 aliphatic heterocycles. The zero-order valence-corrected chi connectivity index (χ0v) is 10.4. The quantitative estimate of drug-likeness (QED) is 0.730. The molecule has 0 amide bonds. The summed E-state index contributed by atoms with van der Waals surface area (Å²) >= 11 is 0. The van der Waals surface area contributed by atoms with Gasteiger partial charge in [0.15, 0.2) is 0 Å². The maximum atomic E-state index is 13.0. The fourth-order valence-electron chi connectivity index (χ4n) is 1.58. The van der Waals surface area contributed by atoms with Crippen molar-refractivity contribution in [3.8, 4) is 5.75 Å². The molecule has 0 atom stereocenters. The molecule has 1 saturated carbocycles. The van der Waals surface area contributed by atoms with E-state index in [-0.39, 0.29) is 5.82 Å². The lowest BCUT2D eigenvalue weighted by Crippen LogP contribution is -1.98. The van der Waals surface area contributed by atoms with Crippen molar-refractivity contribution < 1.29 is 9.13 Å². The maximum Gasteiger partial charge on any atom is 0.123 e. The summed E-state index contributed by atoms with van der Waals surface area (Å²) < 4.78 is 18.6. The van der Waals surface area contributed by atoms with Crippen LogP contribution in [0.15, 0.2) is 18.2 Å². The highest BCUT2D eigenvalue weighted by atomic mass is 19.1. The van der Waals surface area contributed by atoms with E-state index in [0.29, 0.717) is 12.5 Å². The molecule has 0 heterocycles. The summed E-state index contributed by atoms with van der Waals surface area (Å²) in [5.74, 6) is 1.25. The van der Waals surface area contributed by atoms with Gasteiger partial charge in [-0.15, -0.1) is 0 Å². The number of benzene rings is 1. The van der Waals surface area contributed by atoms with Crippen LogP contribution in [0.1, 0.15) is 51.5 Å². The SMILES string of the molecule is CC.CCCOc1ccc(F)cc1C1CC1. The van der Waals surface area contributed by atoms with E-state index in [0.717, 1.165) is 17.7 Å². The summed E-state index contributed by atoms with van der Waals surface area (Å²) in [5.41, 5.74) is 1.05. The third-order valence-electron chi connectivity index (χ3n) is 2.45. The second-order valence-corrected chi connectivity index (χ2v) is 3.80. The fraction of sp³-hybridized carbons (Fsp3) is 0.571. The molecule has 1 nitrogen and oxygen atoms in total. The highest BCUT2D eigenvalue weighted by molar-refractivity contribution is 5.39. The van der Waals surface area contributed by atoms with Crippen LogP contribution in [0, 0.1) is 5.82 Å². The first-order chi connectivity index (χ1) is 7.81. The predicted molar refractivity (Wildman–Crippen MR) is 65.5 cm³/mol. The first-order valence-electron chi connectivity index (χ1n) is 6.23. The molecule has 2 rings (SSSR count). The molecule has 1 aromatic carbocycles. The second-order valence-electron chi connectivity index (χ2n) is 3.80. The molecule has 2 heteroatoms. The lowest BCUT2D eigenvalue weighted by Gasteiger charge is -2.09. The average Bonchev–Trinajstić information content (AvgIpc) is 3.14. The van der Waals surface area contributed by atoms with Crippen LogP contribution in [0.3, 0.4) is 0 Å². The molecule has 0 saturated heterocycles. The molecular formula is C14H21FO. The van der Waals surface area contributed by atoms with Crippen molar-refractivity contribution in [1.82, 2.24) is 0 Å². The van der Waals surface area contributed by atoms with E-state index in [1.807, 2.05) is 13.8 Å². The summed E-state index contributed by atoms with van der Waals surface area (Å²) in [6.45, 7) is 6.78. The number of ether oxygens (including phenoxy) is 1. The van der Waals surface area contributed by atoms with Crippen LogP contribution in [0.5, 0.6) is 5.75 Å². The van der Waals surface area contributed by atoms with Gasteiger partial charge in [0.1, 0.15) is 11.6 Å². The van der Waals surface area contributed by atoms with Crippen molar-refractivity contribution in [2.24, 2.45) is 0 Å². The Labute approximate surface area is 97.6 Å². The first kappa shape index (κ1) is 13.0. The Morgan fingerprint density at radius 2 is 2.00 bits per heavy atom. The molecule has 1 aliphatic carbocycles. The van der Waals surface area contributed by atoms with Crippen LogP contribution in [-0.4, -0.2) is 6.61 Å². The van der Waals surface area contributed by atoms with Gasteiger partial charge in [-0.3, -0.25) is 0 Å². The van der Waals surface area contributed by atoms with Crippen LogP contribution in [-0.2, 0) is 0 Å². The standard InChI is InChI=1S/C12H15FO.C2H6/c1-2-7-14-12-6-5-10(13)8-11(12)9-3-4-9;1-2/h5-6,8-9H,2-4,7H2,1H3;1-2H3. The van der Waals surface area contributed by atoms with Gasteiger partial charge in [-0.05, 0) is 43.4 Å². The number of hydrogen-bond donors (Lipinski definition) is 0. The zero-order valence-electron chi connectivity index (χ0n) is 10.4. The highest BCUT2D eigenvalue weighted by Gasteiger charge is 2.27. The third-order valence-corrected chi connectivity index (χ3v) is 2.45. The average molecular weight is 224 g/mol. The molecule has 1 aliphatic rings. The van der Waals surface area contributed by atoms with E-state index in [9.17, 15) is 4.39 Å². The minimum atomic E-state index is -0.157. The van der Waals surface area contributed by atoms with Gasteiger partial charge >= 0.3 is 0 Å². The van der Waals surface area contributed by atoms with E-state index in [4.69, 9.17) is 4.74 Å². The lowest BCUT2D eigenvalue weighted by molar-refractivity contribution is 0.313. The highest BCUT2D eigenvalue weighted by Crippen LogP contribution is 2.44. The normalized spacial score (nSPS) is 14.0. The van der Waals surface area contributed by atoms with E-state index < -0.39 is 0 Å². The van der Waals surface area contributed by atoms with Gasteiger partial charge in [-0.2, -0.15) is 0 Å². The molecule has 0 spiro atoms. The van der Waals surface area contributed by atoms with Crippen LogP contribution in [0.2, 0.25) is 0 Å². The summed E-state index contributed by atoms with van der Waals surface area (Å²) in [6.07, 6.45) is 3.33. The molecule has 90 valence electrons. The van der Waals surface area contributed by atoms with Crippen molar-refractivity contribution in [2.45, 2.75) is 46.0 Å². The van der Waals surface area contributed by atoms with Crippen LogP contribution in [0.4, 0.5) is 4.39 Å². The van der Waals surface area contributed by atoms with E-state index >= 15 is 0 Å². The van der Waals surface area contributed by atoms with E-state index in [2.05, 4.69) is 6.92 Å². The van der Waals surface area contributed by atoms with Crippen molar-refractivity contribution >= 4 is 0 Å². The van der Waals surface area contributed by atoms with Gasteiger partial charge in [0, 0.05) is 5.56 Å². The molecule has 0 unspecified atom stereocenters. The zero-order chi connectivity index (χ0) is 12.0. The Morgan fingerprint density at radius 1 is 1.31 bits per heavy atom. The van der Waals surface area contributed by atoms with Crippen LogP contribution >= 0.6 is 0 Å². The molecule has 0 radical (unpaired) electrons. The Morgan fingerprint density at radius 3 is 2.56 bits per heavy atom. The summed E-state index contributed by atoms with van der Waals surface area (Å²) in [4.78, 5) is 0. The molecule has 1 fully saturated rings. The van der Waals surface area contributed by atoms with Crippen molar-refractivity contribution in [1.29, 1.82) is 0 Å². The molecule has 0 aromatic heterocycles. The third kappa shape index (κ3) is 3.51. The van der Waals surface area contributed by atoms with Gasteiger partial charge < -0.3 is 4.74 Å². The minimum absolute atomic E-state index is 0.157. The van der Waals surface area contributed by atoms with Gasteiger partial charge in [-0.25, -0.2) is 4.39 Å². The van der Waals surface area contributed by atoms with Crippen molar-refractivity contribution in [2.75, 3.05) is 6.61 Å². The van der Waals surface area contributed by atoms with Gasteiger partial charge in [0.05, 0.1) is 6.61 Å². The Balaban J connectivity index is 0.000000606. The Bertz CT molecular complexity index is 319. The minimum Gasteiger partial charge on any atom is -0.493 e. The number of rotatable bonds is 4. The molecule has 0 bridgehead atoms. The smallest absolute Gasteiger partial charge is 0.123 e. The largest absolute Gasteiger partial charge is 0.493 e. The van der Waals surface area contributed by atoms with Gasteiger partial charge in [0.25, 0.3) is 0 Å². The summed E-state index contributed by atoms with van der Waals surface area (Å²) in [7, 11) is 0. The summed E-state index contributed by atoms with van der Waals surface area (Å²) in [6, 6.07) is 4.83. The Hall–Kier alpha value is -1.05. The van der Waals surface area contributed by atoms with E-state index in [1.165, 1.54) is 18.9 Å². The lowest BCUT2D eigenvalue weighted by atomic mass is 10.1. The number of hydrogen-bond acceptors (Lipinski definition) is 1. The summed E-state index contributed by atoms with van der Waals surface area (Å²) in [5, 5.41) is 0. The van der Waals surface area contributed by atoms with E-state index in [1.54, 1.807) is 12.1 Å². The monoisotopic (exact) mass is 224 g/mol. The molecule has 16 heavy (non-hydrogen) atoms. The molecule has 0 N–H and O–H groups in total. The van der Waals surface area contributed by atoms with Gasteiger partial charge in [0.2, 0.25) is 0 Å². The van der Waals surface area contributed by atoms with Crippen molar-refractivity contribution in [3.63, 3.8) is 0 Å². The first-order valence-corrected chi connectivity index (χ1v) is 6.23. The van der Waals surface area contributed by atoms with Crippen LogP contribution in [0.25, 0.3) is 0 Å². The molecular weight excluding hydrogens is 203 g/mol. The molecule has 1 aromatic rings. The van der Waals surface area contributed by atoms with Crippen LogP contribution < -0.4 is 4.74 Å². The predicted octanol–water partition coefficient (Wildman–Crippen LogP) is 4.52. The fourth-order valence-corrected chi connectivity index (χ4v) is 1.58. The van der Waals surface area contributed by atoms with Crippen molar-refractivity contribution in [3.05, 3.63) is 29.6 Å². The number of halogens is 1.